The minimum absolute atomic E-state index is 0.0123. The largest absolute Gasteiger partial charge is 0.339 e. The molecule has 1 aromatic heterocycles. The van der Waals surface area contributed by atoms with Gasteiger partial charge in [0.15, 0.2) is 0 Å². The summed E-state index contributed by atoms with van der Waals surface area (Å²) in [6, 6.07) is 9.52. The molecule has 1 aromatic carbocycles. The molecule has 0 atom stereocenters. The summed E-state index contributed by atoms with van der Waals surface area (Å²) in [6.45, 7) is 5.19. The molecule has 1 aliphatic rings. The summed E-state index contributed by atoms with van der Waals surface area (Å²) in [5.74, 6) is -0.0236. The number of carbonyl (C=O) groups excluding carboxylic acids is 2. The molecule has 0 spiro atoms. The molecule has 2 heterocycles. The van der Waals surface area contributed by atoms with Crippen LogP contribution in [0.2, 0.25) is 0 Å². The third kappa shape index (κ3) is 3.87. The smallest absolute Gasteiger partial charge is 0.255 e. The second kappa shape index (κ2) is 7.47. The molecular weight excluding hydrogens is 314 g/mol. The van der Waals surface area contributed by atoms with Gasteiger partial charge in [-0.1, -0.05) is 18.2 Å². The average molecular weight is 337 g/mol. The summed E-state index contributed by atoms with van der Waals surface area (Å²) < 4.78 is 0. The number of rotatable bonds is 3. The average Bonchev–Trinajstić information content (AvgIpc) is 2.65. The first-order valence-corrected chi connectivity index (χ1v) is 8.62. The van der Waals surface area contributed by atoms with E-state index in [1.165, 1.54) is 0 Å². The highest BCUT2D eigenvalue weighted by atomic mass is 16.2. The van der Waals surface area contributed by atoms with Gasteiger partial charge in [-0.2, -0.15) is 0 Å². The Hall–Kier alpha value is -2.69. The van der Waals surface area contributed by atoms with E-state index in [-0.39, 0.29) is 17.7 Å². The molecule has 0 aliphatic carbocycles. The minimum Gasteiger partial charge on any atom is -0.339 e. The molecule has 3 rings (SSSR count). The number of nitrogens with zero attached hydrogens (tertiary/aromatic N) is 2. The number of pyridine rings is 1. The van der Waals surface area contributed by atoms with E-state index in [9.17, 15) is 9.59 Å². The predicted octanol–water partition coefficient (Wildman–Crippen LogP) is 3.19. The van der Waals surface area contributed by atoms with Gasteiger partial charge in [-0.05, 0) is 49.9 Å². The summed E-state index contributed by atoms with van der Waals surface area (Å²) in [6.07, 6.45) is 4.61. The molecule has 5 heteroatoms. The zero-order valence-corrected chi connectivity index (χ0v) is 14.7. The van der Waals surface area contributed by atoms with Crippen LogP contribution in [0.4, 0.5) is 5.69 Å². The normalized spacial score (nSPS) is 15.0. The first-order valence-electron chi connectivity index (χ1n) is 8.62. The van der Waals surface area contributed by atoms with Gasteiger partial charge in [-0.15, -0.1) is 0 Å². The van der Waals surface area contributed by atoms with Gasteiger partial charge in [0, 0.05) is 37.1 Å². The number of amides is 2. The molecule has 1 saturated heterocycles. The molecule has 0 unspecified atom stereocenters. The van der Waals surface area contributed by atoms with Gasteiger partial charge < -0.3 is 10.2 Å². The number of carbonyl (C=O) groups is 2. The van der Waals surface area contributed by atoms with Gasteiger partial charge >= 0.3 is 0 Å². The van der Waals surface area contributed by atoms with Gasteiger partial charge in [0.2, 0.25) is 5.91 Å². The van der Waals surface area contributed by atoms with E-state index in [0.29, 0.717) is 31.5 Å². The number of anilines is 1. The van der Waals surface area contributed by atoms with Crippen molar-refractivity contribution in [1.82, 2.24) is 9.88 Å². The number of aryl methyl sites for hydroxylation is 2. The fourth-order valence-corrected chi connectivity index (χ4v) is 3.25. The summed E-state index contributed by atoms with van der Waals surface area (Å²) in [4.78, 5) is 30.8. The number of para-hydroxylation sites is 1. The number of piperidine rings is 1. The van der Waals surface area contributed by atoms with Crippen LogP contribution in [-0.4, -0.2) is 34.8 Å². The first kappa shape index (κ1) is 17.1. The Balaban J connectivity index is 1.59. The van der Waals surface area contributed by atoms with Crippen LogP contribution in [0, 0.1) is 19.8 Å². The molecule has 0 saturated carbocycles. The van der Waals surface area contributed by atoms with E-state index in [1.807, 2.05) is 32.0 Å². The highest BCUT2D eigenvalue weighted by Crippen LogP contribution is 2.24. The van der Waals surface area contributed by atoms with Crippen LogP contribution in [0.1, 0.15) is 34.3 Å². The van der Waals surface area contributed by atoms with Gasteiger partial charge in [0.05, 0.1) is 5.56 Å². The molecule has 2 amide bonds. The van der Waals surface area contributed by atoms with Gasteiger partial charge in [-0.3, -0.25) is 14.6 Å². The lowest BCUT2D eigenvalue weighted by Crippen LogP contribution is -2.41. The van der Waals surface area contributed by atoms with E-state index in [1.54, 1.807) is 29.4 Å². The fraction of sp³-hybridized carbons (Fsp3) is 0.350. The zero-order chi connectivity index (χ0) is 17.8. The van der Waals surface area contributed by atoms with Crippen LogP contribution in [0.3, 0.4) is 0 Å². The Morgan fingerprint density at radius 1 is 1.08 bits per heavy atom. The fourth-order valence-electron chi connectivity index (χ4n) is 3.25. The van der Waals surface area contributed by atoms with Crippen molar-refractivity contribution in [2.75, 3.05) is 18.4 Å². The van der Waals surface area contributed by atoms with Crippen molar-refractivity contribution >= 4 is 17.5 Å². The Labute approximate surface area is 148 Å². The standard InChI is InChI=1S/C20H23N3O2/c1-14-5-3-6-15(2)18(14)22-19(24)16-8-11-23(12-9-16)20(25)17-7-4-10-21-13-17/h3-7,10,13,16H,8-9,11-12H2,1-2H3,(H,22,24). The van der Waals surface area contributed by atoms with E-state index in [4.69, 9.17) is 0 Å². The molecule has 5 nitrogen and oxygen atoms in total. The van der Waals surface area contributed by atoms with E-state index in [2.05, 4.69) is 10.3 Å². The summed E-state index contributed by atoms with van der Waals surface area (Å²) in [5, 5.41) is 3.07. The van der Waals surface area contributed by atoms with Gasteiger partial charge in [0.1, 0.15) is 0 Å². The maximum Gasteiger partial charge on any atom is 0.255 e. The maximum atomic E-state index is 12.6. The molecule has 2 aromatic rings. The van der Waals surface area contributed by atoms with Crippen LogP contribution in [-0.2, 0) is 4.79 Å². The summed E-state index contributed by atoms with van der Waals surface area (Å²) in [7, 11) is 0. The predicted molar refractivity (Wildman–Crippen MR) is 97.4 cm³/mol. The van der Waals surface area contributed by atoms with E-state index >= 15 is 0 Å². The van der Waals surface area contributed by atoms with Crippen molar-refractivity contribution < 1.29 is 9.59 Å². The number of hydrogen-bond acceptors (Lipinski definition) is 3. The highest BCUT2D eigenvalue weighted by Gasteiger charge is 2.28. The second-order valence-electron chi connectivity index (χ2n) is 6.56. The lowest BCUT2D eigenvalue weighted by Gasteiger charge is -2.31. The molecule has 1 fully saturated rings. The Morgan fingerprint density at radius 2 is 1.76 bits per heavy atom. The second-order valence-corrected chi connectivity index (χ2v) is 6.56. The van der Waals surface area contributed by atoms with Crippen LogP contribution >= 0.6 is 0 Å². The third-order valence-electron chi connectivity index (χ3n) is 4.79. The van der Waals surface area contributed by atoms with Crippen LogP contribution < -0.4 is 5.32 Å². The van der Waals surface area contributed by atoms with Crippen molar-refractivity contribution in [3.05, 3.63) is 59.4 Å². The number of likely N-dealkylation sites (tertiary alicyclic amines) is 1. The van der Waals surface area contributed by atoms with Crippen molar-refractivity contribution in [3.63, 3.8) is 0 Å². The van der Waals surface area contributed by atoms with Crippen molar-refractivity contribution in [2.24, 2.45) is 5.92 Å². The molecule has 1 N–H and O–H groups in total. The van der Waals surface area contributed by atoms with Crippen LogP contribution in [0.5, 0.6) is 0 Å². The Morgan fingerprint density at radius 3 is 2.36 bits per heavy atom. The zero-order valence-electron chi connectivity index (χ0n) is 14.7. The molecule has 25 heavy (non-hydrogen) atoms. The van der Waals surface area contributed by atoms with Crippen molar-refractivity contribution in [1.29, 1.82) is 0 Å². The summed E-state index contributed by atoms with van der Waals surface area (Å²) in [5.41, 5.74) is 3.64. The third-order valence-corrected chi connectivity index (χ3v) is 4.79. The molecule has 0 radical (unpaired) electrons. The maximum absolute atomic E-state index is 12.6. The van der Waals surface area contributed by atoms with Crippen molar-refractivity contribution in [3.8, 4) is 0 Å². The first-order chi connectivity index (χ1) is 12.1. The molecule has 1 aliphatic heterocycles. The lowest BCUT2D eigenvalue weighted by atomic mass is 9.95. The summed E-state index contributed by atoms with van der Waals surface area (Å²) >= 11 is 0. The SMILES string of the molecule is Cc1cccc(C)c1NC(=O)C1CCN(C(=O)c2cccnc2)CC1. The van der Waals surface area contributed by atoms with Crippen LogP contribution in [0.15, 0.2) is 42.7 Å². The molecule has 0 bridgehead atoms. The quantitative estimate of drug-likeness (QED) is 0.935. The monoisotopic (exact) mass is 337 g/mol. The molecule has 130 valence electrons. The lowest BCUT2D eigenvalue weighted by molar-refractivity contribution is -0.121. The van der Waals surface area contributed by atoms with Crippen molar-refractivity contribution in [2.45, 2.75) is 26.7 Å². The number of nitrogens with one attached hydrogen (secondary N) is 1. The Bertz CT molecular complexity index is 746. The number of aromatic nitrogens is 1. The van der Waals surface area contributed by atoms with Gasteiger partial charge in [0.25, 0.3) is 5.91 Å². The van der Waals surface area contributed by atoms with E-state index in [0.717, 1.165) is 16.8 Å². The number of hydrogen-bond donors (Lipinski definition) is 1. The Kier molecular flexibility index (Phi) is 5.12. The minimum atomic E-state index is -0.0584. The highest BCUT2D eigenvalue weighted by molar-refractivity contribution is 5.95. The molecular formula is C20H23N3O2. The van der Waals surface area contributed by atoms with Crippen LogP contribution in [0.25, 0.3) is 0 Å². The van der Waals surface area contributed by atoms with Gasteiger partial charge in [-0.25, -0.2) is 0 Å². The topological polar surface area (TPSA) is 62.3 Å². The van der Waals surface area contributed by atoms with E-state index < -0.39 is 0 Å². The number of benzene rings is 1.